The summed E-state index contributed by atoms with van der Waals surface area (Å²) in [6.07, 6.45) is -9.38. The van der Waals surface area contributed by atoms with Gasteiger partial charge in [0.1, 0.15) is 0 Å². The number of amides is 3. The van der Waals surface area contributed by atoms with Crippen molar-refractivity contribution in [1.29, 1.82) is 0 Å². The summed E-state index contributed by atoms with van der Waals surface area (Å²) < 4.78 is 183. The summed E-state index contributed by atoms with van der Waals surface area (Å²) in [4.78, 5) is 78.9. The van der Waals surface area contributed by atoms with Crippen LogP contribution in [0.5, 0.6) is 5.88 Å². The molecule has 13 rings (SSSR count). The fourth-order valence-electron chi connectivity index (χ4n) is 15.4. The number of aromatic nitrogens is 4. The standard InChI is InChI=1S/C24H27F5N4O3S.C24H29F3N4O3.C24H28F3N3O2.H2/c1-31-14-15-33-19(8-9-20(33)23(25,26)24(27,28)29)22(31)10-12-32(13-11-22)21(34)16-2-6-18(7-3-16)37(35,36)30-17-4-5-17;1-15(2)34-21-16(3)13-17(14-28-21)22(33)30-9-7-23(8-10-30)19-6-5-18(20(32)24(25,26)27)31(19)12-11-29(23)4;1-16(2)17-4-6-18(7-5-17)22(32)29-12-10-23(11-13-29)20-9-8-19(21(31)24(25,26)27)30(20)15-14-28(23)3;/h2-3,6-9,17,30H,4-5,10-15H2,1H3;5-6,13-15H,7-12H2,1-4H3;4-9,16H,10-15H2,1-3H3;1H. The number of nitrogens with zero attached hydrogens (tertiary/aromatic N) is 10. The Kier molecular flexibility index (Phi) is 21.0. The maximum atomic E-state index is 14.2. The molecular formula is C72H86F11N11O8S. The Morgan fingerprint density at radius 2 is 0.893 bits per heavy atom. The number of Topliss-reactive ketones (excluding diaryl/α,β-unsaturated/α-hetero) is 2. The van der Waals surface area contributed by atoms with E-state index in [-0.39, 0.29) is 67.2 Å². The van der Waals surface area contributed by atoms with Gasteiger partial charge in [-0.05, 0) is 184 Å². The Labute approximate surface area is 591 Å². The molecule has 4 fully saturated rings. The molecule has 560 valence electrons. The average Bonchev–Trinajstić information content (AvgIpc) is 1.54. The fraction of sp³-hybridized carbons (Fsp3) is 0.528. The van der Waals surface area contributed by atoms with Gasteiger partial charge in [-0.25, -0.2) is 18.1 Å². The maximum absolute atomic E-state index is 14.2. The van der Waals surface area contributed by atoms with Crippen molar-refractivity contribution in [3.63, 3.8) is 0 Å². The van der Waals surface area contributed by atoms with E-state index in [0.717, 1.165) is 34.7 Å². The first-order valence-electron chi connectivity index (χ1n) is 34.4. The van der Waals surface area contributed by atoms with E-state index >= 15 is 0 Å². The number of hydrogen-bond acceptors (Lipinski definition) is 12. The van der Waals surface area contributed by atoms with Gasteiger partial charge in [0.15, 0.2) is 0 Å². The number of aryl methyl sites for hydroxylation is 1. The number of piperidine rings is 3. The van der Waals surface area contributed by atoms with Crippen molar-refractivity contribution in [3.8, 4) is 5.88 Å². The second-order valence-electron chi connectivity index (χ2n) is 28.4. The highest BCUT2D eigenvalue weighted by Gasteiger charge is 2.62. The quantitative estimate of drug-likeness (QED) is 0.0903. The first kappa shape index (κ1) is 76.1. The normalized spacial score (nSPS) is 19.3. The van der Waals surface area contributed by atoms with Gasteiger partial charge in [-0.2, -0.15) is 48.3 Å². The number of benzene rings is 2. The molecule has 31 heteroatoms. The Balaban J connectivity index is 0.000000167. The summed E-state index contributed by atoms with van der Waals surface area (Å²) in [6, 6.07) is 23.1. The minimum absolute atomic E-state index is 0. The third-order valence-corrected chi connectivity index (χ3v) is 23.1. The van der Waals surface area contributed by atoms with Gasteiger partial charge in [-0.1, -0.05) is 26.0 Å². The van der Waals surface area contributed by atoms with Crippen LogP contribution in [-0.4, -0.2) is 197 Å². The van der Waals surface area contributed by atoms with Crippen LogP contribution in [0.25, 0.3) is 0 Å². The van der Waals surface area contributed by atoms with Gasteiger partial charge in [0.2, 0.25) is 15.9 Å². The van der Waals surface area contributed by atoms with E-state index in [1.807, 2.05) is 76.0 Å². The van der Waals surface area contributed by atoms with Gasteiger partial charge < -0.3 is 33.1 Å². The van der Waals surface area contributed by atoms with Crippen LogP contribution in [0.3, 0.4) is 0 Å². The summed E-state index contributed by atoms with van der Waals surface area (Å²) >= 11 is 0. The van der Waals surface area contributed by atoms with Crippen molar-refractivity contribution in [3.05, 3.63) is 159 Å². The lowest BCUT2D eigenvalue weighted by Gasteiger charge is -2.50. The van der Waals surface area contributed by atoms with Crippen molar-refractivity contribution < 1.29 is 86.8 Å². The summed E-state index contributed by atoms with van der Waals surface area (Å²) in [6.45, 7) is 14.3. The molecule has 10 heterocycles. The zero-order valence-corrected chi connectivity index (χ0v) is 59.2. The van der Waals surface area contributed by atoms with Gasteiger partial charge in [-0.15, -0.1) is 0 Å². The zero-order valence-electron chi connectivity index (χ0n) is 58.4. The Morgan fingerprint density at radius 3 is 1.26 bits per heavy atom. The maximum Gasteiger partial charge on any atom is 0.459 e. The Bertz CT molecular complexity index is 4280. The van der Waals surface area contributed by atoms with Gasteiger partial charge in [0.05, 0.1) is 50.3 Å². The molecule has 7 aliphatic rings. The summed E-state index contributed by atoms with van der Waals surface area (Å²) in [5.41, 5.74) is 1.73. The Hall–Kier alpha value is -8.00. The van der Waals surface area contributed by atoms with E-state index in [1.54, 1.807) is 28.0 Å². The van der Waals surface area contributed by atoms with E-state index < -0.39 is 68.4 Å². The van der Waals surface area contributed by atoms with Gasteiger partial charge in [-0.3, -0.25) is 38.7 Å². The third kappa shape index (κ3) is 14.8. The number of likely N-dealkylation sites (N-methyl/N-ethyl adjacent to an activating group) is 3. The molecule has 2 aromatic carbocycles. The predicted octanol–water partition coefficient (Wildman–Crippen LogP) is 12.1. The van der Waals surface area contributed by atoms with Crippen LogP contribution in [-0.2, 0) is 52.2 Å². The van der Waals surface area contributed by atoms with Crippen LogP contribution in [0.1, 0.15) is 172 Å². The SMILES string of the molecule is CC(C)c1ccc(C(=O)N2CCC3(CC2)c2ccc(C(=O)C(F)(F)F)n2CCN3C)cc1.CN1CCn2c(ccc2C(F)(F)C(F)(F)F)C12CCN(C(=O)c1ccc(S(=O)(=O)NC3CC3)cc1)CC2.Cc1cc(C(=O)N2CCC3(CC2)c2ccc(C(=O)C(F)(F)F)n2CCN3C)cnc1OC(C)C.[HH]. The molecule has 6 aliphatic heterocycles. The van der Waals surface area contributed by atoms with E-state index in [4.69, 9.17) is 4.74 Å². The molecule has 1 aliphatic carbocycles. The molecule has 0 bridgehead atoms. The predicted molar refractivity (Wildman–Crippen MR) is 360 cm³/mol. The van der Waals surface area contributed by atoms with Crippen molar-refractivity contribution in [1.82, 2.24) is 52.8 Å². The number of halogens is 11. The molecule has 1 saturated carbocycles. The van der Waals surface area contributed by atoms with Crippen LogP contribution >= 0.6 is 0 Å². The highest BCUT2D eigenvalue weighted by Crippen LogP contribution is 2.50. The average molecular weight is 1470 g/mol. The minimum Gasteiger partial charge on any atom is -0.475 e. The minimum atomic E-state index is -5.70. The van der Waals surface area contributed by atoms with E-state index in [1.165, 1.54) is 63.4 Å². The molecule has 6 aromatic rings. The molecule has 3 saturated heterocycles. The number of alkyl halides is 11. The van der Waals surface area contributed by atoms with E-state index in [9.17, 15) is 80.7 Å². The van der Waals surface area contributed by atoms with Crippen molar-refractivity contribution in [2.45, 2.75) is 170 Å². The molecular weight excluding hydrogens is 1390 g/mol. The van der Waals surface area contributed by atoms with Crippen LogP contribution in [0.2, 0.25) is 0 Å². The highest BCUT2D eigenvalue weighted by molar-refractivity contribution is 7.89. The lowest BCUT2D eigenvalue weighted by Crippen LogP contribution is -2.57. The molecule has 3 spiro atoms. The lowest BCUT2D eigenvalue weighted by molar-refractivity contribution is -0.292. The monoisotopic (exact) mass is 1470 g/mol. The number of ketones is 2. The lowest BCUT2D eigenvalue weighted by atomic mass is 9.81. The number of carbonyl (C=O) groups excluding carboxylic acids is 5. The molecule has 1 N–H and O–H groups in total. The number of sulfonamides is 1. The van der Waals surface area contributed by atoms with Crippen LogP contribution < -0.4 is 9.46 Å². The van der Waals surface area contributed by atoms with Crippen molar-refractivity contribution in [2.24, 2.45) is 0 Å². The van der Waals surface area contributed by atoms with Crippen LogP contribution in [0, 0.1) is 6.92 Å². The topological polar surface area (TPSA) is 188 Å². The first-order chi connectivity index (χ1) is 48.2. The summed E-state index contributed by atoms with van der Waals surface area (Å²) in [5.74, 6) is -8.17. The summed E-state index contributed by atoms with van der Waals surface area (Å²) in [7, 11) is 2.07. The Morgan fingerprint density at radius 1 is 0.515 bits per heavy atom. The number of ether oxygens (including phenoxy) is 1. The van der Waals surface area contributed by atoms with Gasteiger partial charge >= 0.3 is 24.5 Å². The first-order valence-corrected chi connectivity index (χ1v) is 35.9. The number of pyridine rings is 1. The van der Waals surface area contributed by atoms with Crippen molar-refractivity contribution in [2.75, 3.05) is 80.0 Å². The van der Waals surface area contributed by atoms with Gasteiger partial charge in [0, 0.05) is 126 Å². The summed E-state index contributed by atoms with van der Waals surface area (Å²) in [5, 5.41) is 0. The number of hydrogen-bond donors (Lipinski definition) is 1. The highest BCUT2D eigenvalue weighted by atomic mass is 32.2. The largest absolute Gasteiger partial charge is 0.475 e. The fourth-order valence-corrected chi connectivity index (χ4v) is 16.7. The number of fused-ring (bicyclic) bond motifs is 6. The number of carbonyl (C=O) groups is 5. The van der Waals surface area contributed by atoms with Crippen molar-refractivity contribution >= 4 is 39.3 Å². The molecule has 0 unspecified atom stereocenters. The van der Waals surface area contributed by atoms with Gasteiger partial charge in [0.25, 0.3) is 29.3 Å². The van der Waals surface area contributed by atoms with E-state index in [0.29, 0.717) is 137 Å². The third-order valence-electron chi connectivity index (χ3n) is 21.6. The number of nitrogens with one attached hydrogen (secondary N) is 1. The number of rotatable bonds is 12. The number of likely N-dealkylation sites (tertiary alicyclic amines) is 3. The molecule has 103 heavy (non-hydrogen) atoms. The second kappa shape index (κ2) is 28.5. The molecule has 0 atom stereocenters. The smallest absolute Gasteiger partial charge is 0.459 e. The van der Waals surface area contributed by atoms with Crippen LogP contribution in [0.15, 0.2) is 102 Å². The second-order valence-corrected chi connectivity index (χ2v) is 30.2. The molecule has 0 radical (unpaired) electrons. The zero-order chi connectivity index (χ0) is 74.9. The molecule has 19 nitrogen and oxygen atoms in total. The molecule has 3 amide bonds. The van der Waals surface area contributed by atoms with Crippen LogP contribution in [0.4, 0.5) is 48.3 Å². The van der Waals surface area contributed by atoms with E-state index in [2.05, 4.69) is 33.4 Å². The molecule has 4 aromatic heterocycles.